The van der Waals surface area contributed by atoms with Gasteiger partial charge in [-0.3, -0.25) is 4.40 Å². The molecule has 3 aromatic rings. The molecule has 1 aliphatic carbocycles. The molecule has 4 rings (SSSR count). The van der Waals surface area contributed by atoms with Crippen LogP contribution in [0.2, 0.25) is 0 Å². The number of nitrogens with one attached hydrogen (secondary N) is 1. The maximum absolute atomic E-state index is 13.0. The Kier molecular flexibility index (Phi) is 5.03. The topological polar surface area (TPSA) is 136 Å². The van der Waals surface area contributed by atoms with Gasteiger partial charge in [0.25, 0.3) is 0 Å². The zero-order valence-corrected chi connectivity index (χ0v) is 18.1. The first-order chi connectivity index (χ1) is 14.0. The summed E-state index contributed by atoms with van der Waals surface area (Å²) in [6.07, 6.45) is 4.06. The number of aromatic nitrogens is 4. The Morgan fingerprint density at radius 1 is 1.20 bits per heavy atom. The van der Waals surface area contributed by atoms with Crippen molar-refractivity contribution in [3.8, 4) is 11.3 Å². The molecule has 10 heteroatoms. The van der Waals surface area contributed by atoms with Crippen molar-refractivity contribution in [2.24, 2.45) is 0 Å². The molecule has 0 unspecified atom stereocenters. The maximum atomic E-state index is 13.0. The van der Waals surface area contributed by atoms with Crippen LogP contribution in [-0.2, 0) is 10.0 Å². The van der Waals surface area contributed by atoms with Gasteiger partial charge < -0.3 is 10.8 Å². The van der Waals surface area contributed by atoms with E-state index in [9.17, 15) is 13.5 Å². The van der Waals surface area contributed by atoms with Crippen molar-refractivity contribution in [2.45, 2.75) is 63.0 Å². The molecular weight excluding hydrogens is 404 g/mol. The van der Waals surface area contributed by atoms with Crippen LogP contribution in [0.1, 0.15) is 44.0 Å². The highest BCUT2D eigenvalue weighted by Gasteiger charge is 2.31. The molecule has 4 N–H and O–H groups in total. The predicted octanol–water partition coefficient (Wildman–Crippen LogP) is 1.96. The number of nitrogen functional groups attached to an aromatic ring is 1. The number of anilines is 1. The lowest BCUT2D eigenvalue weighted by Gasteiger charge is -2.33. The van der Waals surface area contributed by atoms with E-state index >= 15 is 0 Å². The van der Waals surface area contributed by atoms with Crippen LogP contribution in [0.4, 0.5) is 5.95 Å². The van der Waals surface area contributed by atoms with Gasteiger partial charge in [0, 0.05) is 17.8 Å². The molecule has 0 aliphatic heterocycles. The van der Waals surface area contributed by atoms with Gasteiger partial charge in [0.2, 0.25) is 21.7 Å². The molecule has 160 valence electrons. The van der Waals surface area contributed by atoms with Gasteiger partial charge in [0.15, 0.2) is 0 Å². The predicted molar refractivity (Wildman–Crippen MR) is 113 cm³/mol. The van der Waals surface area contributed by atoms with E-state index in [0.717, 1.165) is 5.56 Å². The van der Waals surface area contributed by atoms with Crippen molar-refractivity contribution in [1.82, 2.24) is 24.1 Å². The van der Waals surface area contributed by atoms with Gasteiger partial charge >= 0.3 is 0 Å². The zero-order chi connectivity index (χ0) is 21.7. The summed E-state index contributed by atoms with van der Waals surface area (Å²) in [5.41, 5.74) is 7.38. The fourth-order valence-electron chi connectivity index (χ4n) is 3.83. The van der Waals surface area contributed by atoms with Crippen molar-refractivity contribution in [1.29, 1.82) is 0 Å². The number of rotatable bonds is 4. The Balaban J connectivity index is 1.66. The average molecular weight is 431 g/mol. The van der Waals surface area contributed by atoms with Crippen molar-refractivity contribution < 1.29 is 13.5 Å². The molecule has 0 radical (unpaired) electrons. The molecule has 1 saturated carbocycles. The molecule has 1 fully saturated rings. The van der Waals surface area contributed by atoms with Crippen molar-refractivity contribution >= 4 is 21.7 Å². The van der Waals surface area contributed by atoms with Crippen LogP contribution < -0.4 is 10.5 Å². The smallest absolute Gasteiger partial charge is 0.240 e. The number of benzene rings is 1. The van der Waals surface area contributed by atoms with Gasteiger partial charge in [0.05, 0.1) is 16.2 Å². The third kappa shape index (κ3) is 4.03. The van der Waals surface area contributed by atoms with Crippen molar-refractivity contribution in [3.63, 3.8) is 0 Å². The molecule has 0 saturated heterocycles. The maximum Gasteiger partial charge on any atom is 0.240 e. The highest BCUT2D eigenvalue weighted by molar-refractivity contribution is 7.89. The number of aliphatic hydroxyl groups is 1. The molecule has 9 nitrogen and oxygen atoms in total. The van der Waals surface area contributed by atoms with E-state index in [0.29, 0.717) is 48.5 Å². The van der Waals surface area contributed by atoms with Crippen LogP contribution in [0.15, 0.2) is 29.3 Å². The van der Waals surface area contributed by atoms with E-state index in [1.165, 1.54) is 0 Å². The quantitative estimate of drug-likeness (QED) is 0.576. The fourth-order valence-corrected chi connectivity index (χ4v) is 5.16. The molecule has 0 spiro atoms. The minimum absolute atomic E-state index is 0.174. The molecule has 1 aliphatic rings. The molecule has 0 atom stereocenters. The lowest BCUT2D eigenvalue weighted by atomic mass is 9.84. The Morgan fingerprint density at radius 3 is 2.60 bits per heavy atom. The third-order valence-electron chi connectivity index (χ3n) is 5.65. The number of hydrogen-bond donors (Lipinski definition) is 3. The first kappa shape index (κ1) is 20.7. The van der Waals surface area contributed by atoms with E-state index in [4.69, 9.17) is 5.73 Å². The Hall–Kier alpha value is -2.56. The standard InChI is InChI=1S/C20H26N6O3S/c1-12-4-5-15(30(28,29)25-14-6-8-20(3,27)9-7-14)10-16(12)17-11-26-18(21)22-13(2)23-19(26)24-17/h4-5,10-11,14,25,27H,6-9H2,1-3H3,(H2,21,22,23,24). The largest absolute Gasteiger partial charge is 0.390 e. The van der Waals surface area contributed by atoms with Crippen LogP contribution in [-0.4, -0.2) is 44.5 Å². The van der Waals surface area contributed by atoms with Gasteiger partial charge in [-0.05, 0) is 64.2 Å². The van der Waals surface area contributed by atoms with E-state index in [-0.39, 0.29) is 16.9 Å². The lowest BCUT2D eigenvalue weighted by molar-refractivity contribution is 0.0163. The average Bonchev–Trinajstić information content (AvgIpc) is 3.07. The van der Waals surface area contributed by atoms with Gasteiger partial charge in [-0.25, -0.2) is 18.1 Å². The van der Waals surface area contributed by atoms with E-state index < -0.39 is 15.6 Å². The van der Waals surface area contributed by atoms with Gasteiger partial charge in [0.1, 0.15) is 5.82 Å². The SMILES string of the molecule is Cc1nc(N)n2cc(-c3cc(S(=O)(=O)NC4CCC(C)(O)CC4)ccc3C)nc2n1. The lowest BCUT2D eigenvalue weighted by Crippen LogP contribution is -2.42. The molecular formula is C20H26N6O3S. The van der Waals surface area contributed by atoms with Crippen molar-refractivity contribution in [3.05, 3.63) is 35.8 Å². The number of sulfonamides is 1. The van der Waals surface area contributed by atoms with Crippen molar-refractivity contribution in [2.75, 3.05) is 5.73 Å². The van der Waals surface area contributed by atoms with E-state index in [1.807, 2.05) is 6.92 Å². The molecule has 0 amide bonds. The van der Waals surface area contributed by atoms with E-state index in [1.54, 1.807) is 42.6 Å². The number of hydrogen-bond acceptors (Lipinski definition) is 7. The zero-order valence-electron chi connectivity index (χ0n) is 17.3. The normalized spacial score (nSPS) is 22.5. The van der Waals surface area contributed by atoms with Gasteiger partial charge in [-0.1, -0.05) is 6.07 Å². The highest BCUT2D eigenvalue weighted by atomic mass is 32.2. The summed E-state index contributed by atoms with van der Waals surface area (Å²) in [6, 6.07) is 4.79. The monoisotopic (exact) mass is 430 g/mol. The van der Waals surface area contributed by atoms with Crippen LogP contribution >= 0.6 is 0 Å². The molecule has 1 aromatic carbocycles. The number of fused-ring (bicyclic) bond motifs is 1. The summed E-state index contributed by atoms with van der Waals surface area (Å²) in [5, 5.41) is 10.1. The molecule has 2 aromatic heterocycles. The Bertz CT molecular complexity index is 1210. The molecule has 2 heterocycles. The van der Waals surface area contributed by atoms with E-state index in [2.05, 4.69) is 19.7 Å². The number of nitrogens with two attached hydrogens (primary N) is 1. The second kappa shape index (κ2) is 7.29. The third-order valence-corrected chi connectivity index (χ3v) is 7.17. The summed E-state index contributed by atoms with van der Waals surface area (Å²) in [4.78, 5) is 13.1. The van der Waals surface area contributed by atoms with Gasteiger partial charge in [-0.15, -0.1) is 0 Å². The summed E-state index contributed by atoms with van der Waals surface area (Å²) < 4.78 is 30.3. The Morgan fingerprint density at radius 2 is 1.90 bits per heavy atom. The number of nitrogens with zero attached hydrogens (tertiary/aromatic N) is 4. The van der Waals surface area contributed by atoms with Crippen LogP contribution in [0, 0.1) is 13.8 Å². The second-order valence-corrected chi connectivity index (χ2v) is 10.0. The van der Waals surface area contributed by atoms with Gasteiger partial charge in [-0.2, -0.15) is 9.97 Å². The molecule has 0 bridgehead atoms. The summed E-state index contributed by atoms with van der Waals surface area (Å²) in [6.45, 7) is 5.42. The number of aryl methyl sites for hydroxylation is 2. The first-order valence-electron chi connectivity index (χ1n) is 9.89. The summed E-state index contributed by atoms with van der Waals surface area (Å²) in [5.74, 6) is 1.20. The molecule has 30 heavy (non-hydrogen) atoms. The second-order valence-electron chi connectivity index (χ2n) is 8.29. The van der Waals surface area contributed by atoms with Crippen LogP contribution in [0.3, 0.4) is 0 Å². The number of imidazole rings is 1. The minimum Gasteiger partial charge on any atom is -0.390 e. The summed E-state index contributed by atoms with van der Waals surface area (Å²) >= 11 is 0. The fraction of sp³-hybridized carbons (Fsp3) is 0.450. The van der Waals surface area contributed by atoms with Crippen LogP contribution in [0.5, 0.6) is 0 Å². The Labute approximate surface area is 175 Å². The highest BCUT2D eigenvalue weighted by Crippen LogP contribution is 2.30. The minimum atomic E-state index is -3.71. The first-order valence-corrected chi connectivity index (χ1v) is 11.4. The summed E-state index contributed by atoms with van der Waals surface area (Å²) in [7, 11) is -3.71. The van der Waals surface area contributed by atoms with Crippen LogP contribution in [0.25, 0.3) is 17.0 Å².